The zero-order valence-corrected chi connectivity index (χ0v) is 20.1. The number of nitrogens with one attached hydrogen (secondary N) is 2. The molecular formula is C27H36N4O2. The Kier molecular flexibility index (Phi) is 7.21. The van der Waals surface area contributed by atoms with Gasteiger partial charge in [0, 0.05) is 43.8 Å². The van der Waals surface area contributed by atoms with E-state index in [-0.39, 0.29) is 24.0 Å². The van der Waals surface area contributed by atoms with Crippen molar-refractivity contribution in [2.24, 2.45) is 0 Å². The van der Waals surface area contributed by atoms with Crippen LogP contribution < -0.4 is 10.6 Å². The number of amides is 4. The lowest BCUT2D eigenvalue weighted by atomic mass is 9.87. The second kappa shape index (κ2) is 10.3. The zero-order valence-electron chi connectivity index (χ0n) is 20.1. The molecule has 0 radical (unpaired) electrons. The third kappa shape index (κ3) is 5.86. The van der Waals surface area contributed by atoms with Crippen LogP contribution in [0.15, 0.2) is 42.5 Å². The summed E-state index contributed by atoms with van der Waals surface area (Å²) in [4.78, 5) is 29.9. The Morgan fingerprint density at radius 3 is 2.24 bits per heavy atom. The number of nitrogens with zero attached hydrogens (tertiary/aromatic N) is 2. The number of aryl methyl sites for hydroxylation is 3. The average molecular weight is 449 g/mol. The summed E-state index contributed by atoms with van der Waals surface area (Å²) in [6.07, 6.45) is 3.96. The highest BCUT2D eigenvalue weighted by atomic mass is 16.2. The normalized spacial score (nSPS) is 20.6. The van der Waals surface area contributed by atoms with Crippen LogP contribution in [0.4, 0.5) is 15.3 Å². The van der Waals surface area contributed by atoms with Crippen molar-refractivity contribution in [3.63, 3.8) is 0 Å². The van der Waals surface area contributed by atoms with Crippen molar-refractivity contribution >= 4 is 17.7 Å². The molecule has 2 heterocycles. The van der Waals surface area contributed by atoms with Crippen LogP contribution in [0.3, 0.4) is 0 Å². The minimum Gasteiger partial charge on any atom is -0.333 e. The molecule has 2 unspecified atom stereocenters. The average Bonchev–Trinajstić information content (AvgIpc) is 3.32. The fourth-order valence-electron chi connectivity index (χ4n) is 5.13. The maximum Gasteiger partial charge on any atom is 0.320 e. The van der Waals surface area contributed by atoms with Gasteiger partial charge in [-0.1, -0.05) is 37.3 Å². The van der Waals surface area contributed by atoms with Crippen molar-refractivity contribution < 1.29 is 9.59 Å². The highest BCUT2D eigenvalue weighted by Gasteiger charge is 2.34. The van der Waals surface area contributed by atoms with Crippen LogP contribution in [0.5, 0.6) is 0 Å². The monoisotopic (exact) mass is 448 g/mol. The Bertz CT molecular complexity index is 962. The predicted octanol–water partition coefficient (Wildman–Crippen LogP) is 5.06. The quantitative estimate of drug-likeness (QED) is 0.687. The van der Waals surface area contributed by atoms with Gasteiger partial charge in [-0.3, -0.25) is 0 Å². The molecule has 6 heteroatoms. The molecule has 0 bridgehead atoms. The number of carbonyl (C=O) groups is 2. The molecule has 2 aliphatic heterocycles. The van der Waals surface area contributed by atoms with Gasteiger partial charge in [-0.15, -0.1) is 0 Å². The van der Waals surface area contributed by atoms with Gasteiger partial charge in [0.25, 0.3) is 0 Å². The Morgan fingerprint density at radius 1 is 0.939 bits per heavy atom. The van der Waals surface area contributed by atoms with Gasteiger partial charge in [-0.05, 0) is 73.9 Å². The van der Waals surface area contributed by atoms with E-state index in [0.29, 0.717) is 13.1 Å². The number of likely N-dealkylation sites (tertiary alicyclic amines) is 2. The number of piperidine rings is 1. The first kappa shape index (κ1) is 23.1. The number of benzene rings is 2. The molecule has 4 rings (SSSR count). The highest BCUT2D eigenvalue weighted by Crippen LogP contribution is 2.29. The second-order valence-electron chi connectivity index (χ2n) is 9.58. The molecule has 2 atom stereocenters. The summed E-state index contributed by atoms with van der Waals surface area (Å²) in [6.45, 7) is 9.09. The first-order valence-corrected chi connectivity index (χ1v) is 12.2. The van der Waals surface area contributed by atoms with Gasteiger partial charge in [0.2, 0.25) is 0 Å². The van der Waals surface area contributed by atoms with Crippen LogP contribution in [0.2, 0.25) is 0 Å². The summed E-state index contributed by atoms with van der Waals surface area (Å²) < 4.78 is 0. The molecule has 2 aliphatic rings. The topological polar surface area (TPSA) is 64.7 Å². The van der Waals surface area contributed by atoms with Gasteiger partial charge >= 0.3 is 12.1 Å². The summed E-state index contributed by atoms with van der Waals surface area (Å²) in [5.41, 5.74) is 5.55. The lowest BCUT2D eigenvalue weighted by Gasteiger charge is -2.40. The van der Waals surface area contributed by atoms with E-state index >= 15 is 0 Å². The van der Waals surface area contributed by atoms with Crippen molar-refractivity contribution in [1.29, 1.82) is 0 Å². The molecule has 6 nitrogen and oxygen atoms in total. The molecule has 2 saturated heterocycles. The smallest absolute Gasteiger partial charge is 0.320 e. The Hall–Kier alpha value is -3.02. The van der Waals surface area contributed by atoms with E-state index in [1.165, 1.54) is 11.1 Å². The molecule has 2 fully saturated rings. The maximum atomic E-state index is 13.2. The molecule has 4 amide bonds. The van der Waals surface area contributed by atoms with Gasteiger partial charge in [0.05, 0.1) is 0 Å². The summed E-state index contributed by atoms with van der Waals surface area (Å²) in [5, 5.41) is 6.12. The first-order valence-electron chi connectivity index (χ1n) is 12.2. The van der Waals surface area contributed by atoms with E-state index in [4.69, 9.17) is 0 Å². The summed E-state index contributed by atoms with van der Waals surface area (Å²) in [7, 11) is 0. The van der Waals surface area contributed by atoms with Crippen molar-refractivity contribution in [1.82, 2.24) is 15.1 Å². The number of hydrogen-bond donors (Lipinski definition) is 2. The highest BCUT2D eigenvalue weighted by molar-refractivity contribution is 5.89. The van der Waals surface area contributed by atoms with E-state index in [1.54, 1.807) is 0 Å². The van der Waals surface area contributed by atoms with Gasteiger partial charge in [-0.25, -0.2) is 9.59 Å². The zero-order chi connectivity index (χ0) is 23.4. The Morgan fingerprint density at radius 2 is 1.61 bits per heavy atom. The van der Waals surface area contributed by atoms with Crippen molar-refractivity contribution in [3.8, 4) is 0 Å². The van der Waals surface area contributed by atoms with Crippen molar-refractivity contribution in [2.75, 3.05) is 31.5 Å². The molecule has 0 aromatic heterocycles. The summed E-state index contributed by atoms with van der Waals surface area (Å²) >= 11 is 0. The minimum atomic E-state index is -0.222. The summed E-state index contributed by atoms with van der Waals surface area (Å²) in [5.74, 6) is 0.197. The van der Waals surface area contributed by atoms with E-state index in [0.717, 1.165) is 55.6 Å². The van der Waals surface area contributed by atoms with Gasteiger partial charge in [0.15, 0.2) is 0 Å². The van der Waals surface area contributed by atoms with Crippen LogP contribution in [-0.4, -0.2) is 54.1 Å². The number of rotatable bonds is 4. The predicted molar refractivity (Wildman–Crippen MR) is 133 cm³/mol. The SMILES string of the molecule is CCc1ccc(C2CC(NC(=O)Nc3cc(C)cc(C)c3)CN(C(=O)N3CCCC3)C2)cc1. The van der Waals surface area contributed by atoms with E-state index in [2.05, 4.69) is 47.9 Å². The molecular weight excluding hydrogens is 412 g/mol. The third-order valence-corrected chi connectivity index (χ3v) is 6.77. The molecule has 2 N–H and O–H groups in total. The second-order valence-corrected chi connectivity index (χ2v) is 9.58. The van der Waals surface area contributed by atoms with E-state index < -0.39 is 0 Å². The van der Waals surface area contributed by atoms with Crippen molar-refractivity contribution in [2.45, 2.75) is 58.4 Å². The standard InChI is InChI=1S/C27H36N4O2/c1-4-21-7-9-22(10-8-21)23-16-25(18-31(17-23)27(33)30-11-5-6-12-30)29-26(32)28-24-14-19(2)13-20(3)15-24/h7-10,13-15,23,25H,4-6,11-12,16-18H2,1-3H3,(H2,28,29,32). The fourth-order valence-corrected chi connectivity index (χ4v) is 5.13. The van der Waals surface area contributed by atoms with Crippen LogP contribution >= 0.6 is 0 Å². The lowest BCUT2D eigenvalue weighted by Crippen LogP contribution is -2.55. The fraction of sp³-hybridized carbons (Fsp3) is 0.481. The van der Waals surface area contributed by atoms with Gasteiger partial charge in [0.1, 0.15) is 0 Å². The molecule has 0 saturated carbocycles. The molecule has 0 aliphatic carbocycles. The van der Waals surface area contributed by atoms with Crippen LogP contribution in [0.1, 0.15) is 54.4 Å². The molecule has 176 valence electrons. The maximum absolute atomic E-state index is 13.2. The Balaban J connectivity index is 1.48. The number of urea groups is 2. The van der Waals surface area contributed by atoms with E-state index in [9.17, 15) is 9.59 Å². The van der Waals surface area contributed by atoms with Crippen LogP contribution in [-0.2, 0) is 6.42 Å². The third-order valence-electron chi connectivity index (χ3n) is 6.77. The van der Waals surface area contributed by atoms with Crippen LogP contribution in [0.25, 0.3) is 0 Å². The molecule has 2 aromatic rings. The number of hydrogen-bond acceptors (Lipinski definition) is 2. The lowest BCUT2D eigenvalue weighted by molar-refractivity contribution is 0.136. The molecule has 33 heavy (non-hydrogen) atoms. The number of carbonyl (C=O) groups excluding carboxylic acids is 2. The molecule has 0 spiro atoms. The van der Waals surface area contributed by atoms with Gasteiger partial charge < -0.3 is 20.4 Å². The first-order chi connectivity index (χ1) is 15.9. The Labute approximate surface area is 197 Å². The number of anilines is 1. The van der Waals surface area contributed by atoms with E-state index in [1.807, 2.05) is 35.8 Å². The van der Waals surface area contributed by atoms with Gasteiger partial charge in [-0.2, -0.15) is 0 Å². The van der Waals surface area contributed by atoms with Crippen LogP contribution in [0, 0.1) is 13.8 Å². The minimum absolute atomic E-state index is 0.101. The largest absolute Gasteiger partial charge is 0.333 e. The molecule has 2 aromatic carbocycles. The van der Waals surface area contributed by atoms with Crippen molar-refractivity contribution in [3.05, 3.63) is 64.7 Å². The summed E-state index contributed by atoms with van der Waals surface area (Å²) in [6, 6.07) is 14.5.